The summed E-state index contributed by atoms with van der Waals surface area (Å²) in [6.45, 7) is 6.31. The van der Waals surface area contributed by atoms with Crippen LogP contribution in [0.25, 0.3) is 0 Å². The van der Waals surface area contributed by atoms with Crippen molar-refractivity contribution in [1.29, 1.82) is 0 Å². The largest absolute Gasteiger partial charge is 0.508 e. The molecule has 10 heteroatoms. The van der Waals surface area contributed by atoms with E-state index in [1.807, 2.05) is 24.3 Å². The van der Waals surface area contributed by atoms with Gasteiger partial charge in [0, 0.05) is 62.9 Å². The first-order chi connectivity index (χ1) is 27.3. The van der Waals surface area contributed by atoms with Crippen LogP contribution in [0.1, 0.15) is 88.5 Å². The zero-order valence-corrected chi connectivity index (χ0v) is 31.8. The molecule has 9 rings (SSSR count). The van der Waals surface area contributed by atoms with Gasteiger partial charge in [-0.2, -0.15) is 0 Å². The Labute approximate surface area is 328 Å². The zero-order valence-electron chi connectivity index (χ0n) is 31.8. The van der Waals surface area contributed by atoms with Crippen molar-refractivity contribution in [3.8, 4) is 11.5 Å². The zero-order chi connectivity index (χ0) is 38.2. The van der Waals surface area contributed by atoms with Crippen molar-refractivity contribution in [2.75, 3.05) is 50.8 Å². The Hall–Kier alpha value is -5.19. The standard InChI is InChI=1S/C46H50N4O6/c51-36-11-16-39-33(28-36)9-14-38(31-5-2-1-3-6-31)43(39)32-7-12-37(13-8-32)55-25-4-21-48-24-26-56-46(30-48)19-22-49(23-20-46)35-10-15-40-34(27-35)29-50(45(40)54)41-17-18-42(52)47-44(41)53/h1-3,5-8,10-13,15-16,27-28,38,41,43,51H,4,9,14,17-26,29-30H2,(H,47,52,53)/t38-,41?,43?/m1/s1. The molecule has 1 aliphatic carbocycles. The molecule has 4 aromatic rings. The third-order valence-electron chi connectivity index (χ3n) is 12.8. The first-order valence-electron chi connectivity index (χ1n) is 20.3. The molecule has 5 aliphatic rings. The number of ether oxygens (including phenoxy) is 2. The summed E-state index contributed by atoms with van der Waals surface area (Å²) in [5.41, 5.74) is 7.66. The minimum atomic E-state index is -0.604. The molecule has 2 N–H and O–H groups in total. The molecule has 4 aliphatic heterocycles. The lowest BCUT2D eigenvalue weighted by molar-refractivity contribution is -0.136. The summed E-state index contributed by atoms with van der Waals surface area (Å²) in [4.78, 5) is 43.8. The number of carbonyl (C=O) groups is 3. The highest BCUT2D eigenvalue weighted by atomic mass is 16.5. The molecule has 1 spiro atoms. The molecule has 2 unspecified atom stereocenters. The van der Waals surface area contributed by atoms with Gasteiger partial charge in [0.25, 0.3) is 5.91 Å². The summed E-state index contributed by atoms with van der Waals surface area (Å²) in [7, 11) is 0. The highest BCUT2D eigenvalue weighted by molar-refractivity contribution is 6.05. The summed E-state index contributed by atoms with van der Waals surface area (Å²) < 4.78 is 12.8. The molecular weight excluding hydrogens is 705 g/mol. The molecule has 3 amide bonds. The SMILES string of the molecule is O=C1CCC(N2Cc3cc(N4CCC5(CC4)CN(CCCOc4ccc(C6c7ccc(O)cc7CC[C@@H]6c6ccccc6)cc4)CCO5)ccc3C2=O)C(=O)N1. The van der Waals surface area contributed by atoms with E-state index in [1.54, 1.807) is 4.90 Å². The van der Waals surface area contributed by atoms with Gasteiger partial charge >= 0.3 is 0 Å². The predicted octanol–water partition coefficient (Wildman–Crippen LogP) is 6.16. The number of anilines is 1. The van der Waals surface area contributed by atoms with Crippen molar-refractivity contribution in [3.05, 3.63) is 124 Å². The van der Waals surface area contributed by atoms with Crippen molar-refractivity contribution >= 4 is 23.4 Å². The number of hydrogen-bond donors (Lipinski definition) is 2. The fraction of sp³-hybridized carbons (Fsp3) is 0.413. The summed E-state index contributed by atoms with van der Waals surface area (Å²) in [5, 5.41) is 12.6. The fourth-order valence-electron chi connectivity index (χ4n) is 9.87. The lowest BCUT2D eigenvalue weighted by Gasteiger charge is -2.48. The average molecular weight is 755 g/mol. The van der Waals surface area contributed by atoms with Crippen LogP contribution in [0.2, 0.25) is 0 Å². The van der Waals surface area contributed by atoms with Gasteiger partial charge in [-0.05, 0) is 115 Å². The Kier molecular flexibility index (Phi) is 10.0. The second-order valence-electron chi connectivity index (χ2n) is 16.2. The van der Waals surface area contributed by atoms with Crippen LogP contribution in [0, 0.1) is 0 Å². The Morgan fingerprint density at radius 1 is 0.839 bits per heavy atom. The van der Waals surface area contributed by atoms with E-state index in [0.717, 1.165) is 88.4 Å². The number of nitrogens with one attached hydrogen (secondary N) is 1. The molecule has 3 fully saturated rings. The topological polar surface area (TPSA) is 112 Å². The highest BCUT2D eigenvalue weighted by Gasteiger charge is 2.42. The van der Waals surface area contributed by atoms with Crippen molar-refractivity contribution in [2.24, 2.45) is 0 Å². The van der Waals surface area contributed by atoms with Crippen LogP contribution >= 0.6 is 0 Å². The lowest BCUT2D eigenvalue weighted by Crippen LogP contribution is -2.57. The molecule has 4 heterocycles. The number of phenols is 1. The third-order valence-corrected chi connectivity index (χ3v) is 12.8. The van der Waals surface area contributed by atoms with Crippen LogP contribution in [0.3, 0.4) is 0 Å². The predicted molar refractivity (Wildman–Crippen MR) is 213 cm³/mol. The van der Waals surface area contributed by atoms with E-state index in [9.17, 15) is 19.5 Å². The monoisotopic (exact) mass is 754 g/mol. The Balaban J connectivity index is 0.764. The molecule has 290 valence electrons. The molecule has 56 heavy (non-hydrogen) atoms. The highest BCUT2D eigenvalue weighted by Crippen LogP contribution is 2.47. The van der Waals surface area contributed by atoms with E-state index in [2.05, 4.69) is 81.8 Å². The first kappa shape index (κ1) is 36.4. The second kappa shape index (κ2) is 15.4. The number of imide groups is 1. The third kappa shape index (κ3) is 7.28. The lowest BCUT2D eigenvalue weighted by atomic mass is 9.69. The van der Waals surface area contributed by atoms with E-state index in [1.165, 1.54) is 22.3 Å². The van der Waals surface area contributed by atoms with Crippen molar-refractivity contribution in [3.63, 3.8) is 0 Å². The maximum absolute atomic E-state index is 13.2. The van der Waals surface area contributed by atoms with Crippen molar-refractivity contribution in [1.82, 2.24) is 15.1 Å². The Morgan fingerprint density at radius 2 is 1.66 bits per heavy atom. The van der Waals surface area contributed by atoms with Crippen LogP contribution in [0.5, 0.6) is 11.5 Å². The van der Waals surface area contributed by atoms with Gasteiger partial charge in [0.15, 0.2) is 0 Å². The van der Waals surface area contributed by atoms with E-state index in [4.69, 9.17) is 9.47 Å². The number of carbonyl (C=O) groups excluding carboxylic acids is 3. The molecule has 0 bridgehead atoms. The fourth-order valence-corrected chi connectivity index (χ4v) is 9.87. The number of phenolic OH excluding ortho intramolecular Hbond substituents is 1. The van der Waals surface area contributed by atoms with Gasteiger partial charge in [-0.1, -0.05) is 48.5 Å². The maximum atomic E-state index is 13.2. The normalized spacial score (nSPS) is 23.5. The summed E-state index contributed by atoms with van der Waals surface area (Å²) in [6.07, 6.45) is 5.41. The number of benzene rings is 4. The van der Waals surface area contributed by atoms with Crippen molar-refractivity contribution in [2.45, 2.75) is 75.0 Å². The minimum Gasteiger partial charge on any atom is -0.508 e. The average Bonchev–Trinajstić information content (AvgIpc) is 3.54. The Morgan fingerprint density at radius 3 is 2.46 bits per heavy atom. The second-order valence-corrected chi connectivity index (χ2v) is 16.2. The number of amides is 3. The number of piperidine rings is 2. The van der Waals surface area contributed by atoms with Crippen LogP contribution in [-0.4, -0.2) is 90.2 Å². The number of fused-ring (bicyclic) bond motifs is 2. The number of aryl methyl sites for hydroxylation is 1. The number of rotatable bonds is 9. The van der Waals surface area contributed by atoms with Crippen LogP contribution in [-0.2, 0) is 27.3 Å². The van der Waals surface area contributed by atoms with E-state index >= 15 is 0 Å². The van der Waals surface area contributed by atoms with Gasteiger partial charge < -0.3 is 24.4 Å². The smallest absolute Gasteiger partial charge is 0.255 e. The molecule has 3 atom stereocenters. The number of aromatic hydroxyl groups is 1. The number of nitrogens with zero attached hydrogens (tertiary/aromatic N) is 3. The van der Waals surface area contributed by atoms with E-state index in [0.29, 0.717) is 36.8 Å². The minimum absolute atomic E-state index is 0.140. The molecule has 0 radical (unpaired) electrons. The summed E-state index contributed by atoms with van der Waals surface area (Å²) in [5.74, 6) is 1.00. The van der Waals surface area contributed by atoms with Crippen LogP contribution in [0.15, 0.2) is 91.0 Å². The molecular formula is C46H50N4O6. The van der Waals surface area contributed by atoms with E-state index < -0.39 is 6.04 Å². The molecule has 3 saturated heterocycles. The first-order valence-corrected chi connectivity index (χ1v) is 20.3. The van der Waals surface area contributed by atoms with Crippen LogP contribution < -0.4 is 15.0 Å². The number of morpholine rings is 1. The molecule has 0 aromatic heterocycles. The summed E-state index contributed by atoms with van der Waals surface area (Å²) >= 11 is 0. The molecule has 4 aromatic carbocycles. The van der Waals surface area contributed by atoms with Gasteiger partial charge in [0.1, 0.15) is 17.5 Å². The van der Waals surface area contributed by atoms with Gasteiger partial charge in [-0.3, -0.25) is 24.6 Å². The quantitative estimate of drug-likeness (QED) is 0.155. The molecule has 0 saturated carbocycles. The summed E-state index contributed by atoms with van der Waals surface area (Å²) in [6, 6.07) is 30.7. The van der Waals surface area contributed by atoms with Gasteiger partial charge in [0.2, 0.25) is 11.8 Å². The van der Waals surface area contributed by atoms with Gasteiger partial charge in [0.05, 0.1) is 18.8 Å². The number of hydrogen-bond acceptors (Lipinski definition) is 8. The Bertz CT molecular complexity index is 2100. The van der Waals surface area contributed by atoms with Crippen LogP contribution in [0.4, 0.5) is 5.69 Å². The van der Waals surface area contributed by atoms with Gasteiger partial charge in [-0.25, -0.2) is 0 Å². The molecule has 10 nitrogen and oxygen atoms in total. The van der Waals surface area contributed by atoms with Crippen molar-refractivity contribution < 1.29 is 29.0 Å². The van der Waals surface area contributed by atoms with E-state index in [-0.39, 0.29) is 35.7 Å². The van der Waals surface area contributed by atoms with Gasteiger partial charge in [-0.15, -0.1) is 0 Å². The maximum Gasteiger partial charge on any atom is 0.255 e.